The second kappa shape index (κ2) is 9.11. The summed E-state index contributed by atoms with van der Waals surface area (Å²) in [4.78, 5) is 23.8. The van der Waals surface area contributed by atoms with Gasteiger partial charge in [-0.2, -0.15) is 0 Å². The maximum atomic E-state index is 11.9. The Labute approximate surface area is 202 Å². The van der Waals surface area contributed by atoms with Crippen LogP contribution in [0.1, 0.15) is 58.8 Å². The van der Waals surface area contributed by atoms with E-state index in [1.54, 1.807) is 6.07 Å². The Morgan fingerprint density at radius 1 is 0.971 bits per heavy atom. The summed E-state index contributed by atoms with van der Waals surface area (Å²) in [6.45, 7) is 1.89. The number of aryl methyl sites for hydroxylation is 1. The second-order valence-electron chi connectivity index (χ2n) is 9.10. The van der Waals surface area contributed by atoms with E-state index in [-0.39, 0.29) is 11.4 Å². The summed E-state index contributed by atoms with van der Waals surface area (Å²) in [6, 6.07) is 18.2. The maximum Gasteiger partial charge on any atom is 0.345 e. The Bertz CT molecular complexity index is 1370. The summed E-state index contributed by atoms with van der Waals surface area (Å²) in [5.41, 5.74) is 7.22. The van der Waals surface area contributed by atoms with Gasteiger partial charge < -0.3 is 14.8 Å². The lowest BCUT2D eigenvalue weighted by Crippen LogP contribution is -2.12. The number of rotatable bonds is 6. The van der Waals surface area contributed by atoms with Gasteiger partial charge in [-0.3, -0.25) is 4.79 Å². The molecule has 0 unspecified atom stereocenters. The van der Waals surface area contributed by atoms with Gasteiger partial charge in [-0.1, -0.05) is 67.8 Å². The van der Waals surface area contributed by atoms with Crippen molar-refractivity contribution in [1.29, 1.82) is 0 Å². The number of benzene rings is 2. The van der Waals surface area contributed by atoms with E-state index in [1.165, 1.54) is 28.9 Å². The molecule has 0 saturated heterocycles. The van der Waals surface area contributed by atoms with Gasteiger partial charge in [0.1, 0.15) is 11.4 Å². The van der Waals surface area contributed by atoms with Crippen LogP contribution in [0.5, 0.6) is 0 Å². The molecule has 5 rings (SSSR count). The number of carboxylic acids is 2. The van der Waals surface area contributed by atoms with E-state index in [4.69, 9.17) is 0 Å². The minimum Gasteiger partial charge on any atom is -0.480 e. The van der Waals surface area contributed by atoms with E-state index >= 15 is 0 Å². The van der Waals surface area contributed by atoms with Crippen LogP contribution < -0.4 is 0 Å². The molecule has 2 N–H and O–H groups in total. The molecule has 1 fully saturated rings. The smallest absolute Gasteiger partial charge is 0.345 e. The van der Waals surface area contributed by atoms with Crippen molar-refractivity contribution in [3.8, 4) is 22.4 Å². The van der Waals surface area contributed by atoms with Gasteiger partial charge in [0.25, 0.3) is 0 Å². The molecule has 0 spiro atoms. The molecule has 174 valence electrons. The molecule has 34 heavy (non-hydrogen) atoms. The maximum absolute atomic E-state index is 11.9. The molecule has 1 saturated carbocycles. The van der Waals surface area contributed by atoms with E-state index in [9.17, 15) is 19.8 Å². The number of fused-ring (bicyclic) bond motifs is 1. The van der Waals surface area contributed by atoms with Gasteiger partial charge >= 0.3 is 11.9 Å². The summed E-state index contributed by atoms with van der Waals surface area (Å²) in [7, 11) is 0. The zero-order valence-corrected chi connectivity index (χ0v) is 19.9. The third kappa shape index (κ3) is 4.03. The van der Waals surface area contributed by atoms with Gasteiger partial charge in [-0.05, 0) is 59.6 Å². The monoisotopic (exact) mass is 473 g/mol. The molecule has 2 heterocycles. The van der Waals surface area contributed by atoms with Crippen LogP contribution in [0.2, 0.25) is 0 Å². The Balaban J connectivity index is 1.71. The zero-order valence-electron chi connectivity index (χ0n) is 19.1. The van der Waals surface area contributed by atoms with Crippen molar-refractivity contribution in [2.75, 3.05) is 0 Å². The Morgan fingerprint density at radius 2 is 1.65 bits per heavy atom. The van der Waals surface area contributed by atoms with Gasteiger partial charge in [0.05, 0.1) is 15.9 Å². The molecule has 6 heteroatoms. The van der Waals surface area contributed by atoms with Gasteiger partial charge in [0.2, 0.25) is 0 Å². The number of aliphatic carboxylic acids is 1. The van der Waals surface area contributed by atoms with Crippen LogP contribution in [0, 0.1) is 6.92 Å². The Hall–Kier alpha value is -3.38. The predicted octanol–water partition coefficient (Wildman–Crippen LogP) is 7.18. The van der Waals surface area contributed by atoms with Gasteiger partial charge in [0, 0.05) is 0 Å². The van der Waals surface area contributed by atoms with E-state index in [0.29, 0.717) is 11.4 Å². The standard InChI is InChI=1S/C28H27NO4S/c1-17-7-5-6-10-21(17)18-11-13-20(14-12-18)26-25(19-8-3-2-4-9-19)27-22(29(26)16-24(30)31)15-23(34-27)28(32)33/h5-7,10-15,19H,2-4,8-9,16H2,1H3,(H,30,31)(H,32,33). The molecule has 2 aromatic carbocycles. The van der Waals surface area contributed by atoms with Crippen molar-refractivity contribution in [2.45, 2.75) is 51.5 Å². The summed E-state index contributed by atoms with van der Waals surface area (Å²) >= 11 is 1.27. The lowest BCUT2D eigenvalue weighted by Gasteiger charge is -2.23. The molecule has 0 bridgehead atoms. The van der Waals surface area contributed by atoms with Crippen LogP contribution in [0.25, 0.3) is 32.6 Å². The molecule has 0 radical (unpaired) electrons. The topological polar surface area (TPSA) is 79.5 Å². The third-order valence-corrected chi connectivity index (χ3v) is 8.05. The third-order valence-electron chi connectivity index (χ3n) is 6.90. The predicted molar refractivity (Wildman–Crippen MR) is 136 cm³/mol. The van der Waals surface area contributed by atoms with Gasteiger partial charge in [-0.15, -0.1) is 11.3 Å². The summed E-state index contributed by atoms with van der Waals surface area (Å²) in [5, 5.41) is 19.3. The van der Waals surface area contributed by atoms with Crippen molar-refractivity contribution in [2.24, 2.45) is 0 Å². The minimum absolute atomic E-state index is 0.201. The molecule has 0 atom stereocenters. The number of carbonyl (C=O) groups is 2. The highest BCUT2D eigenvalue weighted by molar-refractivity contribution is 7.21. The fraction of sp³-hybridized carbons (Fsp3) is 0.286. The van der Waals surface area contributed by atoms with Gasteiger partial charge in [-0.25, -0.2) is 4.79 Å². The van der Waals surface area contributed by atoms with E-state index in [1.807, 2.05) is 16.7 Å². The number of thiophene rings is 1. The number of nitrogens with zero attached hydrogens (tertiary/aromatic N) is 1. The highest BCUT2D eigenvalue weighted by Crippen LogP contribution is 2.47. The summed E-state index contributed by atoms with van der Waals surface area (Å²) < 4.78 is 2.73. The van der Waals surface area contributed by atoms with Crippen molar-refractivity contribution in [3.05, 3.63) is 70.6 Å². The van der Waals surface area contributed by atoms with Crippen LogP contribution in [-0.4, -0.2) is 26.7 Å². The lowest BCUT2D eigenvalue weighted by molar-refractivity contribution is -0.137. The van der Waals surface area contributed by atoms with E-state index < -0.39 is 11.9 Å². The van der Waals surface area contributed by atoms with Crippen LogP contribution in [0.3, 0.4) is 0 Å². The quantitative estimate of drug-likeness (QED) is 0.311. The first-order valence-electron chi connectivity index (χ1n) is 11.7. The number of hydrogen-bond acceptors (Lipinski definition) is 3. The van der Waals surface area contributed by atoms with Gasteiger partial charge in [0.15, 0.2) is 0 Å². The lowest BCUT2D eigenvalue weighted by atomic mass is 9.83. The minimum atomic E-state index is -0.971. The largest absolute Gasteiger partial charge is 0.480 e. The number of aromatic nitrogens is 1. The molecule has 1 aliphatic rings. The SMILES string of the molecule is Cc1ccccc1-c1ccc(-c2c(C3CCCCC3)c3sc(C(=O)O)cc3n2CC(=O)O)cc1. The normalized spacial score (nSPS) is 14.5. The molecule has 0 aliphatic heterocycles. The Morgan fingerprint density at radius 3 is 2.29 bits per heavy atom. The summed E-state index contributed by atoms with van der Waals surface area (Å²) in [5.74, 6) is -1.60. The van der Waals surface area contributed by atoms with Crippen molar-refractivity contribution in [3.63, 3.8) is 0 Å². The highest BCUT2D eigenvalue weighted by atomic mass is 32.1. The molecular weight excluding hydrogens is 446 g/mol. The van der Waals surface area contributed by atoms with Crippen molar-refractivity contribution in [1.82, 2.24) is 4.57 Å². The molecule has 4 aromatic rings. The second-order valence-corrected chi connectivity index (χ2v) is 10.2. The van der Waals surface area contributed by atoms with Crippen LogP contribution in [0.4, 0.5) is 0 Å². The summed E-state index contributed by atoms with van der Waals surface area (Å²) in [6.07, 6.45) is 5.57. The van der Waals surface area contributed by atoms with Crippen molar-refractivity contribution >= 4 is 33.5 Å². The number of carboxylic acid groups (broad SMARTS) is 2. The number of aromatic carboxylic acids is 1. The molecular formula is C28H27NO4S. The number of hydrogen-bond donors (Lipinski definition) is 2. The van der Waals surface area contributed by atoms with E-state index in [2.05, 4.69) is 43.3 Å². The molecule has 2 aromatic heterocycles. The first-order valence-corrected chi connectivity index (χ1v) is 12.5. The molecule has 0 amide bonds. The van der Waals surface area contributed by atoms with Crippen LogP contribution in [-0.2, 0) is 11.3 Å². The van der Waals surface area contributed by atoms with Crippen molar-refractivity contribution < 1.29 is 19.8 Å². The first-order chi connectivity index (χ1) is 16.4. The molecule has 1 aliphatic carbocycles. The van der Waals surface area contributed by atoms with Crippen LogP contribution >= 0.6 is 11.3 Å². The van der Waals surface area contributed by atoms with E-state index in [0.717, 1.165) is 52.8 Å². The highest BCUT2D eigenvalue weighted by Gasteiger charge is 2.29. The zero-order chi connectivity index (χ0) is 23.8. The average Bonchev–Trinajstić information content (AvgIpc) is 3.38. The molecule has 5 nitrogen and oxygen atoms in total. The fourth-order valence-corrected chi connectivity index (χ4v) is 6.46. The Kier molecular flexibility index (Phi) is 6.00. The first kappa shape index (κ1) is 22.4. The average molecular weight is 474 g/mol. The fourth-order valence-electron chi connectivity index (χ4n) is 5.34. The van der Waals surface area contributed by atoms with Crippen LogP contribution in [0.15, 0.2) is 54.6 Å².